The molecule has 0 fully saturated rings. The van der Waals surface area contributed by atoms with Crippen molar-refractivity contribution < 1.29 is 13.6 Å². The highest BCUT2D eigenvalue weighted by Crippen LogP contribution is 2.23. The van der Waals surface area contributed by atoms with E-state index in [9.17, 15) is 0 Å². The smallest absolute Gasteiger partial charge is 0.226 e. The van der Waals surface area contributed by atoms with Crippen LogP contribution in [-0.4, -0.2) is 25.0 Å². The number of benzene rings is 2. The van der Waals surface area contributed by atoms with Crippen LogP contribution in [0, 0.1) is 0 Å². The van der Waals surface area contributed by atoms with E-state index in [2.05, 4.69) is 20.3 Å². The van der Waals surface area contributed by atoms with E-state index in [1.54, 1.807) is 35.7 Å². The van der Waals surface area contributed by atoms with Crippen molar-refractivity contribution in [3.8, 4) is 17.2 Å². The van der Waals surface area contributed by atoms with Gasteiger partial charge in [-0.25, -0.2) is 14.6 Å². The second-order valence-corrected chi connectivity index (χ2v) is 7.56. The van der Waals surface area contributed by atoms with E-state index >= 15 is 0 Å². The molecule has 0 aliphatic carbocycles. The minimum Gasteiger partial charge on any atom is -0.487 e. The van der Waals surface area contributed by atoms with Crippen LogP contribution in [0.4, 0.5) is 0 Å². The molecule has 0 saturated carbocycles. The van der Waals surface area contributed by atoms with Gasteiger partial charge in [0.1, 0.15) is 36.3 Å². The zero-order valence-electron chi connectivity index (χ0n) is 17.3. The van der Waals surface area contributed by atoms with E-state index in [0.717, 1.165) is 16.8 Å². The number of ether oxygens (including phenoxy) is 1. The first-order valence-corrected chi connectivity index (χ1v) is 10.5. The molecule has 3 aromatic heterocycles. The molecule has 0 unspecified atom stereocenters. The lowest BCUT2D eigenvalue weighted by molar-refractivity contribution is 0.301. The molecule has 0 amide bonds. The largest absolute Gasteiger partial charge is 0.487 e. The van der Waals surface area contributed by atoms with Crippen molar-refractivity contribution in [2.75, 3.05) is 0 Å². The molecule has 0 aliphatic rings. The summed E-state index contributed by atoms with van der Waals surface area (Å²) in [5.74, 6) is 1.74. The lowest BCUT2D eigenvalue weighted by Gasteiger charge is -2.04. The standard InChI is InChI=1S/C24H18ClN5O3/c25-19-6-1-17(2-7-19)3-10-23-27-21(16-32-23)15-31-22-8-4-18(5-9-22)24-28-20(14-33-24)13-30-12-11-26-29-30/h1-12,14,16H,13,15H2. The zero-order valence-corrected chi connectivity index (χ0v) is 18.1. The van der Waals surface area contributed by atoms with Gasteiger partial charge in [0.2, 0.25) is 11.8 Å². The molecule has 9 heteroatoms. The highest BCUT2D eigenvalue weighted by molar-refractivity contribution is 6.30. The van der Waals surface area contributed by atoms with Gasteiger partial charge < -0.3 is 13.6 Å². The summed E-state index contributed by atoms with van der Waals surface area (Å²) in [6.07, 6.45) is 10.3. The fraction of sp³-hybridized carbons (Fsp3) is 0.0833. The molecule has 0 aliphatic heterocycles. The van der Waals surface area contributed by atoms with Crippen LogP contribution in [0.5, 0.6) is 5.75 Å². The van der Waals surface area contributed by atoms with Crippen LogP contribution in [0.25, 0.3) is 23.6 Å². The molecule has 0 bridgehead atoms. The summed E-state index contributed by atoms with van der Waals surface area (Å²) < 4.78 is 18.6. The molecule has 0 N–H and O–H groups in total. The topological polar surface area (TPSA) is 92.0 Å². The predicted molar refractivity (Wildman–Crippen MR) is 122 cm³/mol. The van der Waals surface area contributed by atoms with Crippen LogP contribution in [0.2, 0.25) is 5.02 Å². The Morgan fingerprint density at radius 1 is 0.909 bits per heavy atom. The maximum Gasteiger partial charge on any atom is 0.226 e. The number of hydrogen-bond donors (Lipinski definition) is 0. The number of hydrogen-bond acceptors (Lipinski definition) is 7. The Bertz CT molecular complexity index is 1340. The second kappa shape index (κ2) is 9.54. The molecule has 33 heavy (non-hydrogen) atoms. The molecule has 5 aromatic rings. The summed E-state index contributed by atoms with van der Waals surface area (Å²) >= 11 is 5.90. The summed E-state index contributed by atoms with van der Waals surface area (Å²) in [4.78, 5) is 8.91. The monoisotopic (exact) mass is 459 g/mol. The van der Waals surface area contributed by atoms with Crippen LogP contribution < -0.4 is 4.74 Å². The average molecular weight is 460 g/mol. The van der Waals surface area contributed by atoms with Crippen molar-refractivity contribution in [1.29, 1.82) is 0 Å². The van der Waals surface area contributed by atoms with Crippen LogP contribution in [0.1, 0.15) is 22.8 Å². The summed E-state index contributed by atoms with van der Waals surface area (Å²) in [7, 11) is 0. The predicted octanol–water partition coefficient (Wildman–Crippen LogP) is 5.37. The lowest BCUT2D eigenvalue weighted by Crippen LogP contribution is -2.00. The molecule has 5 rings (SSSR count). The van der Waals surface area contributed by atoms with E-state index in [1.807, 2.05) is 54.6 Å². The van der Waals surface area contributed by atoms with Crippen molar-refractivity contribution in [3.63, 3.8) is 0 Å². The average Bonchev–Trinajstić information content (AvgIpc) is 3.61. The Hall–Kier alpha value is -4.17. The molecular weight excluding hydrogens is 442 g/mol. The third kappa shape index (κ3) is 5.36. The van der Waals surface area contributed by atoms with Crippen LogP contribution >= 0.6 is 11.6 Å². The Balaban J connectivity index is 1.16. The van der Waals surface area contributed by atoms with Crippen molar-refractivity contribution in [3.05, 3.63) is 101 Å². The third-order valence-corrected chi connectivity index (χ3v) is 4.95. The first-order chi connectivity index (χ1) is 16.2. The molecule has 0 radical (unpaired) electrons. The van der Waals surface area contributed by atoms with Crippen LogP contribution in [0.3, 0.4) is 0 Å². The normalized spacial score (nSPS) is 11.3. The number of aromatic nitrogens is 5. The Labute approximate surface area is 194 Å². The van der Waals surface area contributed by atoms with E-state index < -0.39 is 0 Å². The molecule has 3 heterocycles. The summed E-state index contributed by atoms with van der Waals surface area (Å²) in [5, 5.41) is 8.41. The molecule has 0 atom stereocenters. The number of nitrogens with zero attached hydrogens (tertiary/aromatic N) is 5. The van der Waals surface area contributed by atoms with E-state index in [1.165, 1.54) is 0 Å². The molecule has 164 valence electrons. The van der Waals surface area contributed by atoms with E-state index in [0.29, 0.717) is 41.4 Å². The Kier molecular flexibility index (Phi) is 5.99. The lowest BCUT2D eigenvalue weighted by atomic mass is 10.2. The van der Waals surface area contributed by atoms with Crippen molar-refractivity contribution >= 4 is 23.8 Å². The third-order valence-electron chi connectivity index (χ3n) is 4.69. The first kappa shape index (κ1) is 20.7. The van der Waals surface area contributed by atoms with Gasteiger partial charge in [0.15, 0.2) is 0 Å². The quantitative estimate of drug-likeness (QED) is 0.308. The van der Waals surface area contributed by atoms with Crippen LogP contribution in [-0.2, 0) is 13.2 Å². The minimum absolute atomic E-state index is 0.290. The van der Waals surface area contributed by atoms with Gasteiger partial charge in [-0.05, 0) is 48.0 Å². The van der Waals surface area contributed by atoms with E-state index in [-0.39, 0.29) is 0 Å². The van der Waals surface area contributed by atoms with Gasteiger partial charge in [0.25, 0.3) is 0 Å². The van der Waals surface area contributed by atoms with Gasteiger partial charge in [-0.2, -0.15) is 0 Å². The number of oxazole rings is 2. The summed E-state index contributed by atoms with van der Waals surface area (Å²) in [5.41, 5.74) is 3.32. The molecule has 8 nitrogen and oxygen atoms in total. The van der Waals surface area contributed by atoms with E-state index in [4.69, 9.17) is 25.2 Å². The SMILES string of the molecule is Clc1ccc(C=Cc2nc(COc3ccc(-c4nc(Cn5ccnn5)co4)cc3)co2)cc1. The molecule has 0 saturated heterocycles. The summed E-state index contributed by atoms with van der Waals surface area (Å²) in [6.45, 7) is 0.790. The van der Waals surface area contributed by atoms with Gasteiger partial charge in [-0.3, -0.25) is 0 Å². The number of rotatable bonds is 8. The van der Waals surface area contributed by atoms with Crippen molar-refractivity contribution in [2.45, 2.75) is 13.2 Å². The Morgan fingerprint density at radius 3 is 2.52 bits per heavy atom. The Morgan fingerprint density at radius 2 is 1.73 bits per heavy atom. The van der Waals surface area contributed by atoms with Crippen molar-refractivity contribution in [1.82, 2.24) is 25.0 Å². The molecule has 0 spiro atoms. The fourth-order valence-corrected chi connectivity index (χ4v) is 3.18. The molecule has 2 aromatic carbocycles. The maximum absolute atomic E-state index is 5.90. The first-order valence-electron chi connectivity index (χ1n) is 10.1. The van der Waals surface area contributed by atoms with Crippen LogP contribution in [0.15, 0.2) is 82.3 Å². The van der Waals surface area contributed by atoms with Gasteiger partial charge in [-0.1, -0.05) is 28.9 Å². The van der Waals surface area contributed by atoms with Crippen molar-refractivity contribution in [2.24, 2.45) is 0 Å². The highest BCUT2D eigenvalue weighted by atomic mass is 35.5. The van der Waals surface area contributed by atoms with Gasteiger partial charge in [0, 0.05) is 22.9 Å². The minimum atomic E-state index is 0.290. The second-order valence-electron chi connectivity index (χ2n) is 7.12. The zero-order chi connectivity index (χ0) is 22.5. The van der Waals surface area contributed by atoms with Gasteiger partial charge in [0.05, 0.1) is 12.7 Å². The van der Waals surface area contributed by atoms with Gasteiger partial charge >= 0.3 is 0 Å². The fourth-order valence-electron chi connectivity index (χ4n) is 3.05. The number of halogens is 1. The summed E-state index contributed by atoms with van der Waals surface area (Å²) in [6, 6.07) is 15.0. The molecular formula is C24H18ClN5O3. The maximum atomic E-state index is 5.90. The highest BCUT2D eigenvalue weighted by Gasteiger charge is 2.09. The van der Waals surface area contributed by atoms with Gasteiger partial charge in [-0.15, -0.1) is 5.10 Å².